The van der Waals surface area contributed by atoms with Crippen molar-refractivity contribution in [3.05, 3.63) is 34.4 Å². The minimum absolute atomic E-state index is 0.189. The molecule has 1 rings (SSSR count). The number of ketones is 1. The number of ether oxygens (including phenoxy) is 1. The van der Waals surface area contributed by atoms with Gasteiger partial charge in [-0.15, -0.1) is 0 Å². The Hall–Kier alpha value is -1.19. The van der Waals surface area contributed by atoms with Gasteiger partial charge in [0.2, 0.25) is 0 Å². The molecule has 0 heterocycles. The van der Waals surface area contributed by atoms with Crippen LogP contribution in [0.1, 0.15) is 34.0 Å². The van der Waals surface area contributed by atoms with Gasteiger partial charge in [0.25, 0.3) is 0 Å². The summed E-state index contributed by atoms with van der Waals surface area (Å²) >= 11 is 0. The summed E-state index contributed by atoms with van der Waals surface area (Å²) in [7, 11) is 1.95. The number of aryl methyl sites for hydroxylation is 3. The van der Waals surface area contributed by atoms with Gasteiger partial charge in [-0.25, -0.2) is 0 Å². The van der Waals surface area contributed by atoms with Gasteiger partial charge in [-0.05, 0) is 45.9 Å². The highest BCUT2D eigenvalue weighted by Crippen LogP contribution is 2.17. The first-order chi connectivity index (χ1) is 8.95. The number of carbonyl (C=O) groups excluding carboxylic acids is 1. The lowest BCUT2D eigenvalue weighted by molar-refractivity contribution is 0.0895. The Kier molecular flexibility index (Phi) is 6.19. The molecule has 0 N–H and O–H groups in total. The van der Waals surface area contributed by atoms with Crippen LogP contribution in [0.2, 0.25) is 0 Å². The number of hydrogen-bond acceptors (Lipinski definition) is 3. The first kappa shape index (κ1) is 15.9. The third-order valence-electron chi connectivity index (χ3n) is 3.19. The largest absolute Gasteiger partial charge is 0.380 e. The molecule has 0 aromatic heterocycles. The normalized spacial score (nSPS) is 11.1. The van der Waals surface area contributed by atoms with E-state index in [4.69, 9.17) is 4.74 Å². The van der Waals surface area contributed by atoms with Crippen LogP contribution in [0.15, 0.2) is 12.1 Å². The van der Waals surface area contributed by atoms with Gasteiger partial charge in [-0.1, -0.05) is 17.7 Å². The Bertz CT molecular complexity index is 417. The molecule has 19 heavy (non-hydrogen) atoms. The fourth-order valence-corrected chi connectivity index (χ4v) is 2.39. The summed E-state index contributed by atoms with van der Waals surface area (Å²) in [5.41, 5.74) is 4.21. The number of likely N-dealkylation sites (N-methyl/N-ethyl adjacent to an activating group) is 1. The smallest absolute Gasteiger partial charge is 0.177 e. The van der Waals surface area contributed by atoms with Crippen molar-refractivity contribution >= 4 is 5.78 Å². The maximum absolute atomic E-state index is 12.4. The number of hydrogen-bond donors (Lipinski definition) is 0. The SMILES string of the molecule is CCOCCN(C)CC(=O)c1c(C)cc(C)cc1C. The van der Waals surface area contributed by atoms with Crippen LogP contribution < -0.4 is 0 Å². The van der Waals surface area contributed by atoms with Crippen molar-refractivity contribution in [2.45, 2.75) is 27.7 Å². The first-order valence-electron chi connectivity index (χ1n) is 6.83. The molecular formula is C16H25NO2. The molecule has 1 aromatic rings. The summed E-state index contributed by atoms with van der Waals surface area (Å²) in [6.07, 6.45) is 0. The van der Waals surface area contributed by atoms with Crippen LogP contribution in [0.4, 0.5) is 0 Å². The molecule has 3 nitrogen and oxygen atoms in total. The topological polar surface area (TPSA) is 29.5 Å². The second-order valence-corrected chi connectivity index (χ2v) is 5.13. The summed E-state index contributed by atoms with van der Waals surface area (Å²) in [5, 5.41) is 0. The van der Waals surface area contributed by atoms with E-state index in [0.29, 0.717) is 13.2 Å². The lowest BCUT2D eigenvalue weighted by atomic mass is 9.96. The minimum atomic E-state index is 0.189. The van der Waals surface area contributed by atoms with Gasteiger partial charge in [0.15, 0.2) is 5.78 Å². The minimum Gasteiger partial charge on any atom is -0.380 e. The molecule has 0 amide bonds. The zero-order valence-corrected chi connectivity index (χ0v) is 12.7. The van der Waals surface area contributed by atoms with Gasteiger partial charge >= 0.3 is 0 Å². The summed E-state index contributed by atoms with van der Waals surface area (Å²) < 4.78 is 5.30. The lowest BCUT2D eigenvalue weighted by Gasteiger charge is -2.17. The van der Waals surface area contributed by atoms with Crippen LogP contribution in [0, 0.1) is 20.8 Å². The predicted molar refractivity (Wildman–Crippen MR) is 79.0 cm³/mol. The fraction of sp³-hybridized carbons (Fsp3) is 0.562. The van der Waals surface area contributed by atoms with Gasteiger partial charge in [-0.3, -0.25) is 9.69 Å². The number of rotatable bonds is 7. The van der Waals surface area contributed by atoms with E-state index in [2.05, 4.69) is 19.1 Å². The number of benzene rings is 1. The molecule has 3 heteroatoms. The molecule has 0 fully saturated rings. The van der Waals surface area contributed by atoms with Crippen molar-refractivity contribution in [2.75, 3.05) is 33.4 Å². The zero-order chi connectivity index (χ0) is 14.4. The van der Waals surface area contributed by atoms with Crippen LogP contribution in [0.25, 0.3) is 0 Å². The molecule has 0 saturated carbocycles. The molecule has 0 unspecified atom stereocenters. The van der Waals surface area contributed by atoms with Gasteiger partial charge in [0.05, 0.1) is 13.2 Å². The van der Waals surface area contributed by atoms with E-state index in [0.717, 1.165) is 29.8 Å². The Morgan fingerprint density at radius 3 is 2.32 bits per heavy atom. The van der Waals surface area contributed by atoms with E-state index in [-0.39, 0.29) is 5.78 Å². The molecule has 0 aliphatic carbocycles. The highest BCUT2D eigenvalue weighted by Gasteiger charge is 2.14. The summed E-state index contributed by atoms with van der Waals surface area (Å²) in [6.45, 7) is 10.7. The molecule has 0 atom stereocenters. The summed E-state index contributed by atoms with van der Waals surface area (Å²) in [4.78, 5) is 14.4. The van der Waals surface area contributed by atoms with E-state index < -0.39 is 0 Å². The van der Waals surface area contributed by atoms with Crippen molar-refractivity contribution in [1.29, 1.82) is 0 Å². The van der Waals surface area contributed by atoms with E-state index in [1.165, 1.54) is 5.56 Å². The van der Waals surface area contributed by atoms with Gasteiger partial charge < -0.3 is 4.74 Å². The Morgan fingerprint density at radius 2 is 1.79 bits per heavy atom. The molecule has 0 radical (unpaired) electrons. The van der Waals surface area contributed by atoms with Crippen LogP contribution in [0.3, 0.4) is 0 Å². The standard InChI is InChI=1S/C16H25NO2/c1-6-19-8-7-17(5)11-15(18)16-13(3)9-12(2)10-14(16)4/h9-10H,6-8,11H2,1-5H3. The van der Waals surface area contributed by atoms with Crippen molar-refractivity contribution in [2.24, 2.45) is 0 Å². The van der Waals surface area contributed by atoms with Gasteiger partial charge in [-0.2, -0.15) is 0 Å². The van der Waals surface area contributed by atoms with Crippen LogP contribution >= 0.6 is 0 Å². The third kappa shape index (κ3) is 4.77. The molecule has 0 aliphatic heterocycles. The van der Waals surface area contributed by atoms with Crippen LogP contribution in [-0.4, -0.2) is 44.0 Å². The van der Waals surface area contributed by atoms with E-state index in [1.54, 1.807) is 0 Å². The lowest BCUT2D eigenvalue weighted by Crippen LogP contribution is -2.30. The molecule has 0 saturated heterocycles. The predicted octanol–water partition coefficient (Wildman–Crippen LogP) is 2.76. The van der Waals surface area contributed by atoms with E-state index in [9.17, 15) is 4.79 Å². The zero-order valence-electron chi connectivity index (χ0n) is 12.7. The number of Topliss-reactive ketones (excluding diaryl/α,β-unsaturated/α-hetero) is 1. The molecule has 0 bridgehead atoms. The molecule has 106 valence electrons. The molecule has 0 spiro atoms. The summed E-state index contributed by atoms with van der Waals surface area (Å²) in [5.74, 6) is 0.189. The van der Waals surface area contributed by atoms with E-state index in [1.807, 2.05) is 32.7 Å². The molecular weight excluding hydrogens is 238 g/mol. The Labute approximate surface area is 116 Å². The van der Waals surface area contributed by atoms with Gasteiger partial charge in [0.1, 0.15) is 0 Å². The first-order valence-corrected chi connectivity index (χ1v) is 6.83. The van der Waals surface area contributed by atoms with Crippen molar-refractivity contribution in [1.82, 2.24) is 4.90 Å². The van der Waals surface area contributed by atoms with Crippen molar-refractivity contribution < 1.29 is 9.53 Å². The average Bonchev–Trinajstić information content (AvgIpc) is 2.27. The monoisotopic (exact) mass is 263 g/mol. The Morgan fingerprint density at radius 1 is 1.21 bits per heavy atom. The quantitative estimate of drug-likeness (QED) is 0.559. The second-order valence-electron chi connectivity index (χ2n) is 5.13. The number of nitrogens with zero attached hydrogens (tertiary/aromatic N) is 1. The Balaban J connectivity index is 2.68. The maximum Gasteiger partial charge on any atom is 0.177 e. The summed E-state index contributed by atoms with van der Waals surface area (Å²) in [6, 6.07) is 4.14. The molecule has 0 aliphatic rings. The highest BCUT2D eigenvalue weighted by molar-refractivity contribution is 6.00. The van der Waals surface area contributed by atoms with Crippen molar-refractivity contribution in [3.8, 4) is 0 Å². The highest BCUT2D eigenvalue weighted by atomic mass is 16.5. The van der Waals surface area contributed by atoms with Crippen LogP contribution in [-0.2, 0) is 4.74 Å². The molecule has 1 aromatic carbocycles. The third-order valence-corrected chi connectivity index (χ3v) is 3.19. The fourth-order valence-electron chi connectivity index (χ4n) is 2.39. The van der Waals surface area contributed by atoms with Crippen LogP contribution in [0.5, 0.6) is 0 Å². The average molecular weight is 263 g/mol. The second kappa shape index (κ2) is 7.41. The van der Waals surface area contributed by atoms with Gasteiger partial charge in [0, 0.05) is 18.7 Å². The van der Waals surface area contributed by atoms with Crippen molar-refractivity contribution in [3.63, 3.8) is 0 Å². The maximum atomic E-state index is 12.4. The van der Waals surface area contributed by atoms with E-state index >= 15 is 0 Å². The number of carbonyl (C=O) groups is 1.